The van der Waals surface area contributed by atoms with Gasteiger partial charge in [-0.05, 0) is 30.7 Å². The first-order chi connectivity index (χ1) is 12.2. The number of halogens is 1. The first-order valence-electron chi connectivity index (χ1n) is 8.55. The van der Waals surface area contributed by atoms with E-state index in [0.29, 0.717) is 0 Å². The minimum atomic E-state index is -0.00995. The summed E-state index contributed by atoms with van der Waals surface area (Å²) in [6, 6.07) is 18.6. The molecular weight excluding hydrogens is 332 g/mol. The average molecular weight is 353 g/mol. The molecule has 1 fully saturated rings. The van der Waals surface area contributed by atoms with E-state index in [4.69, 9.17) is 16.3 Å². The predicted molar refractivity (Wildman–Crippen MR) is 101 cm³/mol. The Balaban J connectivity index is 1.56. The standard InChI is InChI=1S/C21H21ClN2O/c1-16-5-4-6-17(13-16)14-24-11-12-25-21(24)18-9-10-23(15-18)20-8-3-2-7-19(20)22/h2-10,13,15,21H,11-12,14H2,1H3/t21-/m0/s1. The van der Waals surface area contributed by atoms with E-state index in [9.17, 15) is 0 Å². The number of aromatic nitrogens is 1. The van der Waals surface area contributed by atoms with Crippen LogP contribution in [0.1, 0.15) is 22.9 Å². The number of hydrogen-bond donors (Lipinski definition) is 0. The SMILES string of the molecule is Cc1cccc(CN2CCO[C@H]2c2ccn(-c3ccccc3Cl)c2)c1. The number of hydrogen-bond acceptors (Lipinski definition) is 2. The van der Waals surface area contributed by atoms with E-state index in [1.54, 1.807) is 0 Å². The van der Waals surface area contributed by atoms with Gasteiger partial charge in [0.15, 0.2) is 0 Å². The summed E-state index contributed by atoms with van der Waals surface area (Å²) in [5, 5.41) is 0.744. The van der Waals surface area contributed by atoms with Crippen molar-refractivity contribution >= 4 is 11.6 Å². The Morgan fingerprint density at radius 2 is 2.00 bits per heavy atom. The molecule has 1 atom stereocenters. The molecule has 0 amide bonds. The fraction of sp³-hybridized carbons (Fsp3) is 0.238. The molecular formula is C21H21ClN2O. The molecule has 1 aliphatic heterocycles. The van der Waals surface area contributed by atoms with E-state index >= 15 is 0 Å². The summed E-state index contributed by atoms with van der Waals surface area (Å²) in [4.78, 5) is 2.38. The molecule has 25 heavy (non-hydrogen) atoms. The molecule has 1 saturated heterocycles. The maximum atomic E-state index is 6.32. The van der Waals surface area contributed by atoms with E-state index in [-0.39, 0.29) is 6.23 Å². The van der Waals surface area contributed by atoms with Crippen LogP contribution in [0.3, 0.4) is 0 Å². The molecule has 0 spiro atoms. The monoisotopic (exact) mass is 352 g/mol. The summed E-state index contributed by atoms with van der Waals surface area (Å²) in [7, 11) is 0. The first kappa shape index (κ1) is 16.4. The van der Waals surface area contributed by atoms with Crippen molar-refractivity contribution in [1.29, 1.82) is 0 Å². The number of ether oxygens (including phenoxy) is 1. The van der Waals surface area contributed by atoms with Gasteiger partial charge in [0.2, 0.25) is 0 Å². The topological polar surface area (TPSA) is 17.4 Å². The molecule has 2 heterocycles. The smallest absolute Gasteiger partial charge is 0.138 e. The predicted octanol–water partition coefficient (Wildman–Crippen LogP) is 4.97. The molecule has 1 aliphatic rings. The third-order valence-corrected chi connectivity index (χ3v) is 4.91. The average Bonchev–Trinajstić information content (AvgIpc) is 3.24. The van der Waals surface area contributed by atoms with Crippen LogP contribution in [0.5, 0.6) is 0 Å². The van der Waals surface area contributed by atoms with Crippen molar-refractivity contribution in [1.82, 2.24) is 9.47 Å². The summed E-state index contributed by atoms with van der Waals surface area (Å²) in [5.74, 6) is 0. The zero-order chi connectivity index (χ0) is 17.2. The fourth-order valence-electron chi connectivity index (χ4n) is 3.39. The van der Waals surface area contributed by atoms with Gasteiger partial charge in [-0.3, -0.25) is 4.90 Å². The van der Waals surface area contributed by atoms with Gasteiger partial charge in [0.05, 0.1) is 17.3 Å². The van der Waals surface area contributed by atoms with Crippen LogP contribution in [0.4, 0.5) is 0 Å². The van der Waals surface area contributed by atoms with Crippen molar-refractivity contribution in [3.63, 3.8) is 0 Å². The molecule has 1 aromatic heterocycles. The lowest BCUT2D eigenvalue weighted by atomic mass is 10.1. The van der Waals surface area contributed by atoms with Gasteiger partial charge >= 0.3 is 0 Å². The number of aryl methyl sites for hydroxylation is 1. The Hall–Kier alpha value is -2.07. The maximum absolute atomic E-state index is 6.32. The lowest BCUT2D eigenvalue weighted by Gasteiger charge is -2.22. The van der Waals surface area contributed by atoms with Gasteiger partial charge in [0, 0.05) is 31.0 Å². The quantitative estimate of drug-likeness (QED) is 0.659. The highest BCUT2D eigenvalue weighted by atomic mass is 35.5. The Morgan fingerprint density at radius 3 is 2.84 bits per heavy atom. The maximum Gasteiger partial charge on any atom is 0.138 e. The zero-order valence-electron chi connectivity index (χ0n) is 14.2. The molecule has 4 heteroatoms. The summed E-state index contributed by atoms with van der Waals surface area (Å²) < 4.78 is 8.07. The Kier molecular flexibility index (Phi) is 4.62. The molecule has 0 N–H and O–H groups in total. The minimum absolute atomic E-state index is 0.00995. The van der Waals surface area contributed by atoms with Crippen molar-refractivity contribution in [2.75, 3.05) is 13.2 Å². The van der Waals surface area contributed by atoms with E-state index in [1.165, 1.54) is 11.1 Å². The number of rotatable bonds is 4. The van der Waals surface area contributed by atoms with Gasteiger partial charge in [-0.1, -0.05) is 53.6 Å². The van der Waals surface area contributed by atoms with Crippen LogP contribution in [0.25, 0.3) is 5.69 Å². The second kappa shape index (κ2) is 7.04. The first-order valence-corrected chi connectivity index (χ1v) is 8.92. The number of nitrogens with zero attached hydrogens (tertiary/aromatic N) is 2. The van der Waals surface area contributed by atoms with E-state index in [1.807, 2.05) is 30.5 Å². The lowest BCUT2D eigenvalue weighted by molar-refractivity contribution is 0.0288. The molecule has 128 valence electrons. The molecule has 0 radical (unpaired) electrons. The zero-order valence-corrected chi connectivity index (χ0v) is 15.0. The van der Waals surface area contributed by atoms with E-state index < -0.39 is 0 Å². The molecule has 3 nitrogen and oxygen atoms in total. The van der Waals surface area contributed by atoms with Gasteiger partial charge in [-0.15, -0.1) is 0 Å². The number of benzene rings is 2. The van der Waals surface area contributed by atoms with Crippen LogP contribution in [-0.4, -0.2) is 22.6 Å². The van der Waals surface area contributed by atoms with Crippen LogP contribution in [0, 0.1) is 6.92 Å². The van der Waals surface area contributed by atoms with E-state index in [2.05, 4.69) is 52.9 Å². The second-order valence-electron chi connectivity index (χ2n) is 6.49. The third kappa shape index (κ3) is 3.49. The summed E-state index contributed by atoms with van der Waals surface area (Å²) in [6.45, 7) is 4.72. The van der Waals surface area contributed by atoms with Crippen molar-refractivity contribution in [3.8, 4) is 5.69 Å². The Bertz CT molecular complexity index is 874. The van der Waals surface area contributed by atoms with Crippen molar-refractivity contribution < 1.29 is 4.74 Å². The summed E-state index contributed by atoms with van der Waals surface area (Å²) in [6.07, 6.45) is 4.15. The third-order valence-electron chi connectivity index (χ3n) is 4.59. The highest BCUT2D eigenvalue weighted by Crippen LogP contribution is 2.30. The number of para-hydroxylation sites is 1. The highest BCUT2D eigenvalue weighted by molar-refractivity contribution is 6.32. The van der Waals surface area contributed by atoms with Gasteiger partial charge in [0.1, 0.15) is 6.23 Å². The van der Waals surface area contributed by atoms with Crippen LogP contribution >= 0.6 is 11.6 Å². The second-order valence-corrected chi connectivity index (χ2v) is 6.89. The molecule has 0 bridgehead atoms. The van der Waals surface area contributed by atoms with Crippen LogP contribution in [0.15, 0.2) is 67.0 Å². The summed E-state index contributed by atoms with van der Waals surface area (Å²) >= 11 is 6.32. The Morgan fingerprint density at radius 1 is 1.12 bits per heavy atom. The minimum Gasteiger partial charge on any atom is -0.357 e. The molecule has 0 aliphatic carbocycles. The molecule has 0 unspecified atom stereocenters. The van der Waals surface area contributed by atoms with Crippen molar-refractivity contribution in [2.45, 2.75) is 19.7 Å². The van der Waals surface area contributed by atoms with Gasteiger partial charge in [-0.25, -0.2) is 0 Å². The summed E-state index contributed by atoms with van der Waals surface area (Å²) in [5.41, 5.74) is 4.75. The molecule has 0 saturated carbocycles. The van der Waals surface area contributed by atoms with Crippen LogP contribution in [-0.2, 0) is 11.3 Å². The fourth-order valence-corrected chi connectivity index (χ4v) is 3.62. The van der Waals surface area contributed by atoms with Gasteiger partial charge in [0.25, 0.3) is 0 Å². The van der Waals surface area contributed by atoms with Crippen LogP contribution in [0.2, 0.25) is 5.02 Å². The van der Waals surface area contributed by atoms with Crippen molar-refractivity contribution in [2.24, 2.45) is 0 Å². The highest BCUT2D eigenvalue weighted by Gasteiger charge is 2.27. The van der Waals surface area contributed by atoms with Gasteiger partial charge in [-0.2, -0.15) is 0 Å². The normalized spacial score (nSPS) is 17.9. The molecule has 2 aromatic carbocycles. The molecule has 4 rings (SSSR count). The van der Waals surface area contributed by atoms with Crippen LogP contribution < -0.4 is 0 Å². The Labute approximate surface area is 153 Å². The van der Waals surface area contributed by atoms with Gasteiger partial charge < -0.3 is 9.30 Å². The van der Waals surface area contributed by atoms with E-state index in [0.717, 1.165) is 36.0 Å². The lowest BCUT2D eigenvalue weighted by Crippen LogP contribution is -2.23. The molecule has 3 aromatic rings. The van der Waals surface area contributed by atoms with Crippen molar-refractivity contribution in [3.05, 3.63) is 88.7 Å². The largest absolute Gasteiger partial charge is 0.357 e.